The van der Waals surface area contributed by atoms with E-state index in [0.29, 0.717) is 5.69 Å². The number of carbonyl (C=O) groups is 2. The zero-order chi connectivity index (χ0) is 22.5. The van der Waals surface area contributed by atoms with Crippen molar-refractivity contribution >= 4 is 33.9 Å². The summed E-state index contributed by atoms with van der Waals surface area (Å²) in [6.45, 7) is 2.98. The number of thiophene rings is 1. The molecule has 0 bridgehead atoms. The maximum Gasteiger partial charge on any atom is 0.341 e. The van der Waals surface area contributed by atoms with Crippen LogP contribution in [0.25, 0.3) is 10.4 Å². The van der Waals surface area contributed by atoms with Crippen LogP contribution in [0.1, 0.15) is 23.0 Å². The van der Waals surface area contributed by atoms with Crippen molar-refractivity contribution < 1.29 is 19.2 Å². The Hall–Kier alpha value is -3.79. The Morgan fingerprint density at radius 1 is 1.19 bits per heavy atom. The van der Waals surface area contributed by atoms with Gasteiger partial charge in [0, 0.05) is 16.6 Å². The lowest BCUT2D eigenvalue weighted by molar-refractivity contribution is -0.386. The average molecular weight is 441 g/mol. The number of anilines is 1. The molecule has 0 fully saturated rings. The molecular weight excluding hydrogens is 422 g/mol. The van der Waals surface area contributed by atoms with Gasteiger partial charge in [-0.1, -0.05) is 30.3 Å². The van der Waals surface area contributed by atoms with Gasteiger partial charge in [-0.05, 0) is 31.5 Å². The summed E-state index contributed by atoms with van der Waals surface area (Å²) in [4.78, 5) is 48.4. The fraction of sp³-hybridized carbons (Fsp3) is 0.190. The monoisotopic (exact) mass is 441 g/mol. The molecular formula is C21H19N3O6S. The molecule has 0 aliphatic heterocycles. The first kappa shape index (κ1) is 21.9. The van der Waals surface area contributed by atoms with Gasteiger partial charge in [-0.3, -0.25) is 24.3 Å². The van der Waals surface area contributed by atoms with Crippen LogP contribution >= 0.6 is 11.3 Å². The van der Waals surface area contributed by atoms with Crippen molar-refractivity contribution in [3.63, 3.8) is 0 Å². The van der Waals surface area contributed by atoms with Crippen molar-refractivity contribution in [2.75, 3.05) is 11.9 Å². The Kier molecular flexibility index (Phi) is 6.61. The van der Waals surface area contributed by atoms with Gasteiger partial charge in [0.05, 0.1) is 17.1 Å². The molecule has 1 aromatic carbocycles. The number of pyridine rings is 1. The molecule has 1 amide bonds. The van der Waals surface area contributed by atoms with Crippen LogP contribution in [0.4, 0.5) is 10.7 Å². The molecule has 0 spiro atoms. The Labute approximate surface area is 181 Å². The fourth-order valence-electron chi connectivity index (χ4n) is 2.89. The van der Waals surface area contributed by atoms with E-state index in [4.69, 9.17) is 4.74 Å². The highest BCUT2D eigenvalue weighted by atomic mass is 32.1. The average Bonchev–Trinajstić information content (AvgIpc) is 3.15. The van der Waals surface area contributed by atoms with Gasteiger partial charge < -0.3 is 10.1 Å². The quantitative estimate of drug-likeness (QED) is 0.340. The highest BCUT2D eigenvalue weighted by Crippen LogP contribution is 2.36. The van der Waals surface area contributed by atoms with Crippen molar-refractivity contribution in [1.29, 1.82) is 0 Å². The Morgan fingerprint density at radius 3 is 2.55 bits per heavy atom. The van der Waals surface area contributed by atoms with E-state index < -0.39 is 34.6 Å². The molecule has 2 heterocycles. The number of nitrogens with one attached hydrogen (secondary N) is 1. The number of benzene rings is 1. The van der Waals surface area contributed by atoms with Crippen molar-refractivity contribution in [3.05, 3.63) is 80.3 Å². The lowest BCUT2D eigenvalue weighted by Crippen LogP contribution is -2.30. The topological polar surface area (TPSA) is 121 Å². The summed E-state index contributed by atoms with van der Waals surface area (Å²) >= 11 is 1.19. The van der Waals surface area contributed by atoms with Gasteiger partial charge in [-0.2, -0.15) is 0 Å². The van der Waals surface area contributed by atoms with Crippen LogP contribution in [0.15, 0.2) is 53.3 Å². The first-order chi connectivity index (χ1) is 14.8. The summed E-state index contributed by atoms with van der Waals surface area (Å²) in [7, 11) is 0. The molecule has 0 saturated carbocycles. The van der Waals surface area contributed by atoms with Gasteiger partial charge in [-0.25, -0.2) is 4.79 Å². The Balaban J connectivity index is 1.91. The lowest BCUT2D eigenvalue weighted by atomic mass is 10.1. The van der Waals surface area contributed by atoms with Gasteiger partial charge in [-0.15, -0.1) is 11.3 Å². The third-order valence-corrected chi connectivity index (χ3v) is 5.51. The van der Waals surface area contributed by atoms with Crippen LogP contribution < -0.4 is 10.9 Å². The highest BCUT2D eigenvalue weighted by Gasteiger charge is 2.22. The molecule has 0 aliphatic rings. The number of rotatable bonds is 7. The lowest BCUT2D eigenvalue weighted by Gasteiger charge is -2.10. The molecule has 0 atom stereocenters. The number of aryl methyl sites for hydroxylation is 1. The summed E-state index contributed by atoms with van der Waals surface area (Å²) < 4.78 is 6.10. The second kappa shape index (κ2) is 9.35. The molecule has 0 aliphatic carbocycles. The van der Waals surface area contributed by atoms with Crippen LogP contribution in [-0.4, -0.2) is 28.0 Å². The predicted octanol–water partition coefficient (Wildman–Crippen LogP) is 3.61. The summed E-state index contributed by atoms with van der Waals surface area (Å²) in [5, 5.41) is 13.9. The summed E-state index contributed by atoms with van der Waals surface area (Å²) in [6, 6.07) is 13.5. The number of amides is 1. The normalized spacial score (nSPS) is 10.5. The molecule has 31 heavy (non-hydrogen) atoms. The smallest absolute Gasteiger partial charge is 0.341 e. The number of hydrogen-bond acceptors (Lipinski definition) is 7. The molecule has 3 rings (SSSR count). The Morgan fingerprint density at radius 2 is 1.90 bits per heavy atom. The first-order valence-corrected chi connectivity index (χ1v) is 10.1. The van der Waals surface area contributed by atoms with Crippen LogP contribution in [0.5, 0.6) is 0 Å². The molecule has 0 saturated heterocycles. The standard InChI is InChI=1S/C21H19N3O6S/c1-3-30-21(27)15-11-17(14-7-5-4-6-8-14)31-19(15)22-18(25)12-23-13(2)9-10-16(20(23)26)24(28)29/h4-11H,3,12H2,1-2H3,(H,22,25). The van der Waals surface area contributed by atoms with E-state index in [-0.39, 0.29) is 17.2 Å². The second-order valence-corrected chi connectivity index (χ2v) is 7.55. The van der Waals surface area contributed by atoms with Crippen LogP contribution in [-0.2, 0) is 16.1 Å². The molecule has 3 aromatic rings. The van der Waals surface area contributed by atoms with Crippen LogP contribution in [0.2, 0.25) is 0 Å². The number of ether oxygens (including phenoxy) is 1. The third kappa shape index (κ3) is 4.86. The van der Waals surface area contributed by atoms with E-state index in [0.717, 1.165) is 21.1 Å². The Bertz CT molecular complexity index is 1200. The summed E-state index contributed by atoms with van der Waals surface area (Å²) in [5.74, 6) is -1.18. The molecule has 160 valence electrons. The predicted molar refractivity (Wildman–Crippen MR) is 116 cm³/mol. The second-order valence-electron chi connectivity index (χ2n) is 6.50. The number of esters is 1. The largest absolute Gasteiger partial charge is 0.462 e. The molecule has 0 radical (unpaired) electrons. The zero-order valence-electron chi connectivity index (χ0n) is 16.8. The van der Waals surface area contributed by atoms with Gasteiger partial charge in [0.1, 0.15) is 11.5 Å². The molecule has 2 aromatic heterocycles. The van der Waals surface area contributed by atoms with E-state index in [1.165, 1.54) is 17.4 Å². The molecule has 10 heteroatoms. The SMILES string of the molecule is CCOC(=O)c1cc(-c2ccccc2)sc1NC(=O)Cn1c(C)ccc([N+](=O)[O-])c1=O. The van der Waals surface area contributed by atoms with Crippen LogP contribution in [0, 0.1) is 17.0 Å². The minimum atomic E-state index is -0.873. The number of aromatic nitrogens is 1. The van der Waals surface area contributed by atoms with Crippen LogP contribution in [0.3, 0.4) is 0 Å². The van der Waals surface area contributed by atoms with E-state index in [2.05, 4.69) is 5.32 Å². The maximum atomic E-state index is 12.7. The van der Waals surface area contributed by atoms with Crippen molar-refractivity contribution in [2.24, 2.45) is 0 Å². The number of hydrogen-bond donors (Lipinski definition) is 1. The fourth-order valence-corrected chi connectivity index (χ4v) is 3.96. The molecule has 0 unspecified atom stereocenters. The minimum absolute atomic E-state index is 0.172. The number of nitrogens with zero attached hydrogens (tertiary/aromatic N) is 2. The van der Waals surface area contributed by atoms with E-state index in [1.807, 2.05) is 30.3 Å². The van der Waals surface area contributed by atoms with E-state index in [9.17, 15) is 24.5 Å². The van der Waals surface area contributed by atoms with Gasteiger partial charge >= 0.3 is 17.2 Å². The van der Waals surface area contributed by atoms with Gasteiger partial charge in [0.25, 0.3) is 0 Å². The molecule has 9 nitrogen and oxygen atoms in total. The third-order valence-electron chi connectivity index (χ3n) is 4.41. The number of carbonyl (C=O) groups excluding carboxylic acids is 2. The zero-order valence-corrected chi connectivity index (χ0v) is 17.6. The first-order valence-electron chi connectivity index (χ1n) is 9.32. The minimum Gasteiger partial charge on any atom is -0.462 e. The van der Waals surface area contributed by atoms with Crippen molar-refractivity contribution in [3.8, 4) is 10.4 Å². The van der Waals surface area contributed by atoms with Crippen molar-refractivity contribution in [2.45, 2.75) is 20.4 Å². The van der Waals surface area contributed by atoms with Gasteiger partial charge in [0.2, 0.25) is 5.91 Å². The van der Waals surface area contributed by atoms with Crippen molar-refractivity contribution in [1.82, 2.24) is 4.57 Å². The summed E-state index contributed by atoms with van der Waals surface area (Å²) in [6.07, 6.45) is 0. The summed E-state index contributed by atoms with van der Waals surface area (Å²) in [5.41, 5.74) is -0.0333. The highest BCUT2D eigenvalue weighted by molar-refractivity contribution is 7.20. The maximum absolute atomic E-state index is 12.7. The molecule has 1 N–H and O–H groups in total. The van der Waals surface area contributed by atoms with Gasteiger partial charge in [0.15, 0.2) is 0 Å². The number of nitro groups is 1. The van der Waals surface area contributed by atoms with E-state index in [1.54, 1.807) is 19.9 Å². The van der Waals surface area contributed by atoms with E-state index >= 15 is 0 Å².